The summed E-state index contributed by atoms with van der Waals surface area (Å²) in [6, 6.07) is 9.54. The molecule has 1 atom stereocenters. The van der Waals surface area contributed by atoms with E-state index in [0.717, 1.165) is 5.56 Å². The average Bonchev–Trinajstić information content (AvgIpc) is 2.39. The van der Waals surface area contributed by atoms with E-state index in [9.17, 15) is 4.79 Å². The summed E-state index contributed by atoms with van der Waals surface area (Å²) in [5.41, 5.74) is 1.71. The highest BCUT2D eigenvalue weighted by Gasteiger charge is 2.18. The summed E-state index contributed by atoms with van der Waals surface area (Å²) in [6.07, 6.45) is 0.522. The maximum Gasteiger partial charge on any atom is 0.222 e. The summed E-state index contributed by atoms with van der Waals surface area (Å²) in [5.74, 6) is 0.157. The van der Waals surface area contributed by atoms with Crippen LogP contribution in [0.1, 0.15) is 44.4 Å². The van der Waals surface area contributed by atoms with Gasteiger partial charge in [0, 0.05) is 13.0 Å². The van der Waals surface area contributed by atoms with Gasteiger partial charge in [-0.05, 0) is 31.5 Å². The molecule has 17 heavy (non-hydrogen) atoms. The van der Waals surface area contributed by atoms with Crippen LogP contribution in [0.4, 0.5) is 0 Å². The Kier molecular flexibility index (Phi) is 4.71. The Morgan fingerprint density at radius 2 is 1.94 bits per heavy atom. The predicted molar refractivity (Wildman–Crippen MR) is 67.3 cm³/mol. The smallest absolute Gasteiger partial charge is 0.222 e. The summed E-state index contributed by atoms with van der Waals surface area (Å²) in [6.45, 7) is 6.57. The van der Waals surface area contributed by atoms with Crippen LogP contribution in [0.2, 0.25) is 0 Å². The van der Waals surface area contributed by atoms with Gasteiger partial charge in [-0.3, -0.25) is 4.79 Å². The molecule has 0 aliphatic carbocycles. The first-order valence-electron chi connectivity index (χ1n) is 5.93. The van der Waals surface area contributed by atoms with E-state index in [-0.39, 0.29) is 11.9 Å². The third-order valence-corrected chi connectivity index (χ3v) is 2.95. The van der Waals surface area contributed by atoms with Gasteiger partial charge < -0.3 is 4.90 Å². The van der Waals surface area contributed by atoms with Crippen LogP contribution in [0.25, 0.3) is 0 Å². The minimum atomic E-state index is 0.0557. The Morgan fingerprint density at radius 3 is 2.35 bits per heavy atom. The van der Waals surface area contributed by atoms with Gasteiger partial charge in [-0.15, -0.1) is 0 Å². The van der Waals surface area contributed by atoms with Gasteiger partial charge >= 0.3 is 0 Å². The second-order valence-electron chi connectivity index (χ2n) is 3.94. The van der Waals surface area contributed by atoms with Gasteiger partial charge in [0.1, 0.15) is 0 Å². The lowest BCUT2D eigenvalue weighted by Crippen LogP contribution is -2.32. The molecule has 1 amide bonds. The van der Waals surface area contributed by atoms with Crippen molar-refractivity contribution in [3.63, 3.8) is 0 Å². The van der Waals surface area contributed by atoms with Gasteiger partial charge in [0.05, 0.1) is 17.7 Å². The molecule has 0 saturated heterocycles. The zero-order valence-corrected chi connectivity index (χ0v) is 10.6. The molecule has 1 aromatic carbocycles. The summed E-state index contributed by atoms with van der Waals surface area (Å²) >= 11 is 0. The van der Waals surface area contributed by atoms with E-state index < -0.39 is 0 Å². The van der Waals surface area contributed by atoms with Crippen molar-refractivity contribution < 1.29 is 4.79 Å². The van der Waals surface area contributed by atoms with Crippen LogP contribution in [0.5, 0.6) is 0 Å². The molecular weight excluding hydrogens is 212 g/mol. The van der Waals surface area contributed by atoms with Crippen molar-refractivity contribution >= 4 is 5.91 Å². The zero-order valence-electron chi connectivity index (χ0n) is 10.6. The van der Waals surface area contributed by atoms with E-state index >= 15 is 0 Å². The summed E-state index contributed by atoms with van der Waals surface area (Å²) in [4.78, 5) is 13.6. The first kappa shape index (κ1) is 13.2. The van der Waals surface area contributed by atoms with Gasteiger partial charge in [0.2, 0.25) is 5.91 Å². The number of amides is 1. The molecule has 0 aromatic heterocycles. The molecule has 3 heteroatoms. The van der Waals surface area contributed by atoms with E-state index in [2.05, 4.69) is 6.07 Å². The van der Waals surface area contributed by atoms with E-state index in [4.69, 9.17) is 5.26 Å². The van der Waals surface area contributed by atoms with Crippen LogP contribution >= 0.6 is 0 Å². The van der Waals surface area contributed by atoms with Crippen LogP contribution < -0.4 is 0 Å². The molecule has 0 saturated carbocycles. The van der Waals surface area contributed by atoms with Gasteiger partial charge in [-0.1, -0.05) is 19.1 Å². The summed E-state index contributed by atoms with van der Waals surface area (Å²) in [5, 5.41) is 8.73. The fraction of sp³-hybridized carbons (Fsp3) is 0.429. The number of hydrogen-bond donors (Lipinski definition) is 0. The molecule has 0 aliphatic heterocycles. The maximum absolute atomic E-state index is 11.8. The van der Waals surface area contributed by atoms with Crippen molar-refractivity contribution in [1.29, 1.82) is 5.26 Å². The minimum Gasteiger partial charge on any atom is -0.336 e. The second kappa shape index (κ2) is 6.05. The molecule has 0 bridgehead atoms. The normalized spacial score (nSPS) is 11.6. The molecule has 0 spiro atoms. The number of carbonyl (C=O) groups is 1. The van der Waals surface area contributed by atoms with Gasteiger partial charge in [0.25, 0.3) is 0 Å². The maximum atomic E-state index is 11.8. The number of nitriles is 1. The molecule has 0 radical (unpaired) electrons. The van der Waals surface area contributed by atoms with Crippen molar-refractivity contribution in [3.05, 3.63) is 35.4 Å². The molecular formula is C14H18N2O. The van der Waals surface area contributed by atoms with Gasteiger partial charge in [-0.2, -0.15) is 5.26 Å². The van der Waals surface area contributed by atoms with Crippen molar-refractivity contribution in [3.8, 4) is 6.07 Å². The third-order valence-electron chi connectivity index (χ3n) is 2.95. The number of hydrogen-bond acceptors (Lipinski definition) is 2. The molecule has 90 valence electrons. The SMILES string of the molecule is CCC(=O)N(CC)[C@H](C)c1ccc(C#N)cc1. The molecule has 0 heterocycles. The van der Waals surface area contributed by atoms with Crippen molar-refractivity contribution in [2.45, 2.75) is 33.2 Å². The molecule has 0 fully saturated rings. The molecule has 1 rings (SSSR count). The van der Waals surface area contributed by atoms with E-state index in [0.29, 0.717) is 18.5 Å². The van der Waals surface area contributed by atoms with Crippen molar-refractivity contribution in [2.24, 2.45) is 0 Å². The van der Waals surface area contributed by atoms with E-state index in [1.54, 1.807) is 12.1 Å². The fourth-order valence-corrected chi connectivity index (χ4v) is 1.89. The summed E-state index contributed by atoms with van der Waals surface area (Å²) in [7, 11) is 0. The third kappa shape index (κ3) is 3.07. The highest BCUT2D eigenvalue weighted by molar-refractivity contribution is 5.76. The van der Waals surface area contributed by atoms with Crippen LogP contribution in [0.3, 0.4) is 0 Å². The van der Waals surface area contributed by atoms with Crippen molar-refractivity contribution in [1.82, 2.24) is 4.90 Å². The molecule has 1 aromatic rings. The molecule has 0 unspecified atom stereocenters. The molecule has 0 N–H and O–H groups in total. The van der Waals surface area contributed by atoms with Gasteiger partial charge in [-0.25, -0.2) is 0 Å². The van der Waals surface area contributed by atoms with Gasteiger partial charge in [0.15, 0.2) is 0 Å². The fourth-order valence-electron chi connectivity index (χ4n) is 1.89. The zero-order chi connectivity index (χ0) is 12.8. The number of nitrogens with zero attached hydrogens (tertiary/aromatic N) is 2. The quantitative estimate of drug-likeness (QED) is 0.798. The standard InChI is InChI=1S/C14H18N2O/c1-4-14(17)16(5-2)11(3)13-8-6-12(10-15)7-9-13/h6-9,11H,4-5H2,1-3H3/t11-/m1/s1. The Morgan fingerprint density at radius 1 is 1.35 bits per heavy atom. The number of benzene rings is 1. The number of rotatable bonds is 4. The Bertz CT molecular complexity index is 417. The Labute approximate surface area is 103 Å². The highest BCUT2D eigenvalue weighted by Crippen LogP contribution is 2.21. The minimum absolute atomic E-state index is 0.0557. The van der Waals surface area contributed by atoms with E-state index in [1.807, 2.05) is 37.8 Å². The first-order valence-corrected chi connectivity index (χ1v) is 5.93. The average molecular weight is 230 g/mol. The summed E-state index contributed by atoms with van der Waals surface area (Å²) < 4.78 is 0. The van der Waals surface area contributed by atoms with Crippen LogP contribution in [0.15, 0.2) is 24.3 Å². The lowest BCUT2D eigenvalue weighted by atomic mass is 10.0. The monoisotopic (exact) mass is 230 g/mol. The molecule has 0 aliphatic rings. The predicted octanol–water partition coefficient (Wildman–Crippen LogP) is 2.88. The number of carbonyl (C=O) groups excluding carboxylic acids is 1. The lowest BCUT2D eigenvalue weighted by molar-refractivity contribution is -0.132. The van der Waals surface area contributed by atoms with Crippen LogP contribution in [0, 0.1) is 11.3 Å². The van der Waals surface area contributed by atoms with E-state index in [1.165, 1.54) is 0 Å². The first-order chi connectivity index (χ1) is 8.13. The van der Waals surface area contributed by atoms with Crippen LogP contribution in [-0.2, 0) is 4.79 Å². The largest absolute Gasteiger partial charge is 0.336 e. The molecule has 3 nitrogen and oxygen atoms in total. The lowest BCUT2D eigenvalue weighted by Gasteiger charge is -2.28. The highest BCUT2D eigenvalue weighted by atomic mass is 16.2. The second-order valence-corrected chi connectivity index (χ2v) is 3.94. The Hall–Kier alpha value is -1.82. The topological polar surface area (TPSA) is 44.1 Å². The Balaban J connectivity index is 2.90. The van der Waals surface area contributed by atoms with Crippen molar-refractivity contribution in [2.75, 3.05) is 6.54 Å². The van der Waals surface area contributed by atoms with Crippen LogP contribution in [-0.4, -0.2) is 17.4 Å².